The molecule has 0 atom stereocenters. The highest BCUT2D eigenvalue weighted by Crippen LogP contribution is 2.34. The van der Waals surface area contributed by atoms with Crippen LogP contribution in [0.15, 0.2) is 71.9 Å². The number of fused-ring (bicyclic) bond motifs is 3. The summed E-state index contributed by atoms with van der Waals surface area (Å²) in [5.41, 5.74) is 9.99. The van der Waals surface area contributed by atoms with E-state index in [2.05, 4.69) is 9.97 Å². The van der Waals surface area contributed by atoms with Crippen LogP contribution in [0.2, 0.25) is 10.0 Å². The highest BCUT2D eigenvalue weighted by Gasteiger charge is 2.28. The number of primary amides is 1. The van der Waals surface area contributed by atoms with Gasteiger partial charge in [-0.25, -0.2) is 4.98 Å². The van der Waals surface area contributed by atoms with E-state index < -0.39 is 5.91 Å². The minimum atomic E-state index is -0.627. The fourth-order valence-electron chi connectivity index (χ4n) is 3.74. The number of imidazole rings is 1. The molecule has 0 saturated carbocycles. The second-order valence-electron chi connectivity index (χ2n) is 6.95. The smallest absolute Gasteiger partial charge is 0.269 e. The molecule has 0 aliphatic carbocycles. The van der Waals surface area contributed by atoms with E-state index in [1.165, 1.54) is 0 Å². The standard InChI is InChI=1S/C23H15Cl2N5O/c24-13-8-9-18-15(11-13)20(14-5-1-2-6-16(14)25)28-12-19-21(22(26)31)29-23(30(18)19)17-7-3-4-10-27-17/h1-11H,12H2,(H2,26,31). The largest absolute Gasteiger partial charge is 0.364 e. The van der Waals surface area contributed by atoms with Crippen LogP contribution >= 0.6 is 23.2 Å². The Morgan fingerprint density at radius 1 is 1.00 bits per heavy atom. The lowest BCUT2D eigenvalue weighted by atomic mass is 10.0. The van der Waals surface area contributed by atoms with Crippen molar-refractivity contribution in [2.24, 2.45) is 10.7 Å². The molecule has 31 heavy (non-hydrogen) atoms. The summed E-state index contributed by atoms with van der Waals surface area (Å²) in [6, 6.07) is 18.5. The van der Waals surface area contributed by atoms with Gasteiger partial charge in [0.1, 0.15) is 5.69 Å². The molecule has 1 aliphatic heterocycles. The molecule has 0 fully saturated rings. The van der Waals surface area contributed by atoms with Crippen molar-refractivity contribution in [1.82, 2.24) is 14.5 Å². The molecule has 2 N–H and O–H groups in total. The number of pyridine rings is 1. The fourth-order valence-corrected chi connectivity index (χ4v) is 4.14. The quantitative estimate of drug-likeness (QED) is 0.493. The Morgan fingerprint density at radius 3 is 2.55 bits per heavy atom. The summed E-state index contributed by atoms with van der Waals surface area (Å²) < 4.78 is 1.88. The van der Waals surface area contributed by atoms with Crippen LogP contribution in [0.25, 0.3) is 17.2 Å². The van der Waals surface area contributed by atoms with Crippen LogP contribution < -0.4 is 5.73 Å². The molecule has 2 aromatic heterocycles. The van der Waals surface area contributed by atoms with Crippen molar-refractivity contribution in [3.05, 3.63) is 99.4 Å². The number of rotatable bonds is 3. The number of hydrogen-bond acceptors (Lipinski definition) is 4. The minimum absolute atomic E-state index is 0.158. The van der Waals surface area contributed by atoms with Gasteiger partial charge >= 0.3 is 0 Å². The molecular formula is C23H15Cl2N5O. The van der Waals surface area contributed by atoms with Gasteiger partial charge in [-0.15, -0.1) is 0 Å². The second-order valence-corrected chi connectivity index (χ2v) is 7.80. The first kappa shape index (κ1) is 19.5. The third-order valence-corrected chi connectivity index (χ3v) is 5.64. The first-order valence-electron chi connectivity index (χ1n) is 9.47. The summed E-state index contributed by atoms with van der Waals surface area (Å²) in [5.74, 6) is -0.124. The topological polar surface area (TPSA) is 86.2 Å². The van der Waals surface area contributed by atoms with E-state index in [1.807, 2.05) is 59.2 Å². The number of aromatic nitrogens is 3. The van der Waals surface area contributed by atoms with Crippen molar-refractivity contribution in [2.45, 2.75) is 6.54 Å². The van der Waals surface area contributed by atoms with Gasteiger partial charge < -0.3 is 5.73 Å². The lowest BCUT2D eigenvalue weighted by molar-refractivity contribution is 0.0995. The molecule has 0 bridgehead atoms. The molecule has 0 unspecified atom stereocenters. The number of aliphatic imine (C=N–C) groups is 1. The lowest BCUT2D eigenvalue weighted by Crippen LogP contribution is -2.14. The van der Waals surface area contributed by atoms with Crippen LogP contribution in [0.3, 0.4) is 0 Å². The maximum absolute atomic E-state index is 12.2. The van der Waals surface area contributed by atoms with Gasteiger partial charge in [-0.2, -0.15) is 0 Å². The predicted octanol–water partition coefficient (Wildman–Crippen LogP) is 4.69. The lowest BCUT2D eigenvalue weighted by Gasteiger charge is -2.15. The van der Waals surface area contributed by atoms with E-state index in [0.717, 1.165) is 16.8 Å². The Morgan fingerprint density at radius 2 is 1.81 bits per heavy atom. The van der Waals surface area contributed by atoms with Crippen molar-refractivity contribution in [1.29, 1.82) is 0 Å². The van der Waals surface area contributed by atoms with Crippen LogP contribution in [0.1, 0.15) is 27.3 Å². The molecule has 0 saturated heterocycles. The molecule has 5 rings (SSSR count). The third-order valence-electron chi connectivity index (χ3n) is 5.07. The van der Waals surface area contributed by atoms with Crippen LogP contribution in [0.4, 0.5) is 0 Å². The molecule has 8 heteroatoms. The summed E-state index contributed by atoms with van der Waals surface area (Å²) in [4.78, 5) is 26.0. The van der Waals surface area contributed by atoms with Gasteiger partial charge in [0.2, 0.25) is 0 Å². The van der Waals surface area contributed by atoms with E-state index >= 15 is 0 Å². The van der Waals surface area contributed by atoms with E-state index in [-0.39, 0.29) is 12.2 Å². The Bertz CT molecular complexity index is 1360. The average Bonchev–Trinajstić information content (AvgIpc) is 3.08. The monoisotopic (exact) mass is 447 g/mol. The fraction of sp³-hybridized carbons (Fsp3) is 0.0435. The highest BCUT2D eigenvalue weighted by atomic mass is 35.5. The van der Waals surface area contributed by atoms with E-state index in [4.69, 9.17) is 33.9 Å². The van der Waals surface area contributed by atoms with Gasteiger partial charge in [0.05, 0.1) is 23.6 Å². The Labute approximate surface area is 188 Å². The molecule has 0 radical (unpaired) electrons. The molecule has 152 valence electrons. The van der Waals surface area contributed by atoms with Gasteiger partial charge in [-0.3, -0.25) is 19.3 Å². The zero-order chi connectivity index (χ0) is 21.5. The van der Waals surface area contributed by atoms with Crippen molar-refractivity contribution in [2.75, 3.05) is 0 Å². The zero-order valence-corrected chi connectivity index (χ0v) is 17.6. The highest BCUT2D eigenvalue weighted by molar-refractivity contribution is 6.36. The van der Waals surface area contributed by atoms with Crippen LogP contribution in [-0.4, -0.2) is 26.2 Å². The van der Waals surface area contributed by atoms with Gasteiger partial charge in [-0.1, -0.05) is 47.5 Å². The molecule has 6 nitrogen and oxygen atoms in total. The van der Waals surface area contributed by atoms with Crippen molar-refractivity contribution >= 4 is 34.8 Å². The number of benzene rings is 2. The molecule has 3 heterocycles. The van der Waals surface area contributed by atoms with Gasteiger partial charge in [-0.05, 0) is 36.4 Å². The van der Waals surface area contributed by atoms with Crippen molar-refractivity contribution < 1.29 is 4.79 Å². The molecule has 1 amide bonds. The summed E-state index contributed by atoms with van der Waals surface area (Å²) >= 11 is 12.9. The summed E-state index contributed by atoms with van der Waals surface area (Å²) in [6.45, 7) is 0.185. The van der Waals surface area contributed by atoms with Gasteiger partial charge in [0.25, 0.3) is 5.91 Å². The van der Waals surface area contributed by atoms with Crippen LogP contribution in [0, 0.1) is 0 Å². The average molecular weight is 448 g/mol. The SMILES string of the molecule is NC(=O)c1nc(-c2ccccn2)n2c1CN=C(c1ccccc1Cl)c1cc(Cl)ccc1-2. The molecule has 1 aliphatic rings. The summed E-state index contributed by atoms with van der Waals surface area (Å²) in [5, 5.41) is 1.12. The Hall–Kier alpha value is -3.48. The molecule has 4 aromatic rings. The number of carbonyl (C=O) groups excluding carboxylic acids is 1. The maximum atomic E-state index is 12.2. The number of nitrogens with zero attached hydrogens (tertiary/aromatic N) is 4. The maximum Gasteiger partial charge on any atom is 0.269 e. The summed E-state index contributed by atoms with van der Waals surface area (Å²) in [6.07, 6.45) is 1.67. The molecule has 2 aromatic carbocycles. The normalized spacial score (nSPS) is 12.5. The van der Waals surface area contributed by atoms with Crippen LogP contribution in [0.5, 0.6) is 0 Å². The molecular weight excluding hydrogens is 433 g/mol. The van der Waals surface area contributed by atoms with Crippen molar-refractivity contribution in [3.8, 4) is 17.2 Å². The van der Waals surface area contributed by atoms with E-state index in [0.29, 0.717) is 33.0 Å². The third kappa shape index (κ3) is 3.30. The van der Waals surface area contributed by atoms with Gasteiger partial charge in [0.15, 0.2) is 11.5 Å². The number of halogens is 2. The number of hydrogen-bond donors (Lipinski definition) is 1. The number of carbonyl (C=O) groups is 1. The summed E-state index contributed by atoms with van der Waals surface area (Å²) in [7, 11) is 0. The Kier molecular flexibility index (Phi) is 4.81. The minimum Gasteiger partial charge on any atom is -0.364 e. The number of nitrogens with two attached hydrogens (primary N) is 1. The Balaban J connectivity index is 1.85. The predicted molar refractivity (Wildman–Crippen MR) is 121 cm³/mol. The first-order valence-corrected chi connectivity index (χ1v) is 10.2. The van der Waals surface area contributed by atoms with Crippen LogP contribution in [-0.2, 0) is 6.54 Å². The first-order chi connectivity index (χ1) is 15.0. The second kappa shape index (κ2) is 7.65. The zero-order valence-electron chi connectivity index (χ0n) is 16.1. The van der Waals surface area contributed by atoms with E-state index in [1.54, 1.807) is 12.3 Å². The van der Waals surface area contributed by atoms with Crippen molar-refractivity contribution in [3.63, 3.8) is 0 Å². The van der Waals surface area contributed by atoms with Gasteiger partial charge in [0, 0.05) is 27.4 Å². The molecule has 0 spiro atoms. The number of amides is 1. The van der Waals surface area contributed by atoms with E-state index in [9.17, 15) is 4.79 Å².